The van der Waals surface area contributed by atoms with Crippen molar-refractivity contribution in [1.82, 2.24) is 10.2 Å². The zero-order chi connectivity index (χ0) is 13.0. The van der Waals surface area contributed by atoms with Crippen molar-refractivity contribution in [2.24, 2.45) is 11.8 Å². The fourth-order valence-corrected chi connectivity index (χ4v) is 3.19. The molecule has 0 saturated heterocycles. The molecular formula is C16H32N2. The van der Waals surface area contributed by atoms with Crippen LogP contribution in [-0.4, -0.2) is 37.1 Å². The quantitative estimate of drug-likeness (QED) is 0.748. The summed E-state index contributed by atoms with van der Waals surface area (Å²) in [5, 5.41) is 3.67. The van der Waals surface area contributed by atoms with Gasteiger partial charge in [0, 0.05) is 18.6 Å². The smallest absolute Gasteiger partial charge is 0.0102 e. The molecule has 0 radical (unpaired) electrons. The Hall–Kier alpha value is -0.0800. The Bertz CT molecular complexity index is 231. The lowest BCUT2D eigenvalue weighted by Gasteiger charge is -2.34. The van der Waals surface area contributed by atoms with Crippen molar-refractivity contribution in [1.29, 1.82) is 0 Å². The molecule has 0 amide bonds. The fourth-order valence-electron chi connectivity index (χ4n) is 3.19. The van der Waals surface area contributed by atoms with Crippen molar-refractivity contribution in [3.63, 3.8) is 0 Å². The number of nitrogens with zero attached hydrogens (tertiary/aromatic N) is 1. The van der Waals surface area contributed by atoms with Crippen LogP contribution in [0.1, 0.15) is 58.8 Å². The molecule has 2 heteroatoms. The van der Waals surface area contributed by atoms with E-state index >= 15 is 0 Å². The predicted molar refractivity (Wildman–Crippen MR) is 78.9 cm³/mol. The topological polar surface area (TPSA) is 15.3 Å². The summed E-state index contributed by atoms with van der Waals surface area (Å²) in [4.78, 5) is 2.61. The molecule has 106 valence electrons. The first-order valence-corrected chi connectivity index (χ1v) is 8.10. The minimum Gasteiger partial charge on any atom is -0.314 e. The molecule has 0 aliphatic heterocycles. The third-order valence-corrected chi connectivity index (χ3v) is 5.10. The van der Waals surface area contributed by atoms with Gasteiger partial charge in [0.25, 0.3) is 0 Å². The Kier molecular flexibility index (Phi) is 5.50. The first kappa shape index (κ1) is 14.3. The largest absolute Gasteiger partial charge is 0.314 e. The molecule has 2 nitrogen and oxygen atoms in total. The van der Waals surface area contributed by atoms with Gasteiger partial charge >= 0.3 is 0 Å². The van der Waals surface area contributed by atoms with Gasteiger partial charge in [-0.3, -0.25) is 0 Å². The molecule has 0 aromatic rings. The van der Waals surface area contributed by atoms with Crippen LogP contribution in [0.4, 0.5) is 0 Å². The van der Waals surface area contributed by atoms with Crippen LogP contribution in [0.3, 0.4) is 0 Å². The third kappa shape index (κ3) is 4.55. The summed E-state index contributed by atoms with van der Waals surface area (Å²) >= 11 is 0. The maximum absolute atomic E-state index is 3.67. The molecule has 0 spiro atoms. The van der Waals surface area contributed by atoms with E-state index in [0.717, 1.165) is 17.9 Å². The van der Waals surface area contributed by atoms with Gasteiger partial charge in [0.05, 0.1) is 0 Å². The second kappa shape index (κ2) is 6.91. The molecule has 2 rings (SSSR count). The SMILES string of the molecule is CC(CNC1CC1)C(C)N(C)CC1CCCCC1. The highest BCUT2D eigenvalue weighted by Gasteiger charge is 2.24. The van der Waals surface area contributed by atoms with Gasteiger partial charge in [-0.15, -0.1) is 0 Å². The van der Waals surface area contributed by atoms with Crippen LogP contribution < -0.4 is 5.32 Å². The van der Waals surface area contributed by atoms with Gasteiger partial charge in [-0.25, -0.2) is 0 Å². The Labute approximate surface area is 114 Å². The standard InChI is InChI=1S/C16H32N2/c1-13(11-17-16-9-10-16)14(2)18(3)12-15-7-5-4-6-8-15/h13-17H,4-12H2,1-3H3. The van der Waals surface area contributed by atoms with Crippen molar-refractivity contribution in [2.75, 3.05) is 20.1 Å². The number of hydrogen-bond donors (Lipinski definition) is 1. The van der Waals surface area contributed by atoms with E-state index in [4.69, 9.17) is 0 Å². The molecule has 0 bridgehead atoms. The summed E-state index contributed by atoms with van der Waals surface area (Å²) in [7, 11) is 2.33. The van der Waals surface area contributed by atoms with E-state index in [1.807, 2.05) is 0 Å². The molecule has 18 heavy (non-hydrogen) atoms. The molecule has 2 aliphatic carbocycles. The minimum absolute atomic E-state index is 0.707. The molecular weight excluding hydrogens is 220 g/mol. The van der Waals surface area contributed by atoms with E-state index in [9.17, 15) is 0 Å². The summed E-state index contributed by atoms with van der Waals surface area (Å²) in [5.74, 6) is 1.73. The number of hydrogen-bond acceptors (Lipinski definition) is 2. The average Bonchev–Trinajstić information content (AvgIpc) is 3.20. The van der Waals surface area contributed by atoms with Crippen LogP contribution in [0.25, 0.3) is 0 Å². The maximum atomic E-state index is 3.67. The Balaban J connectivity index is 1.66. The lowest BCUT2D eigenvalue weighted by Crippen LogP contribution is -2.41. The third-order valence-electron chi connectivity index (χ3n) is 5.10. The van der Waals surface area contributed by atoms with Gasteiger partial charge in [-0.2, -0.15) is 0 Å². The second-order valence-corrected chi connectivity index (χ2v) is 6.84. The van der Waals surface area contributed by atoms with Gasteiger partial charge < -0.3 is 10.2 Å². The first-order chi connectivity index (χ1) is 8.66. The van der Waals surface area contributed by atoms with Crippen molar-refractivity contribution in [2.45, 2.75) is 70.9 Å². The normalized spacial score (nSPS) is 25.3. The lowest BCUT2D eigenvalue weighted by atomic mass is 9.88. The zero-order valence-electron chi connectivity index (χ0n) is 12.6. The van der Waals surface area contributed by atoms with E-state index in [0.29, 0.717) is 6.04 Å². The van der Waals surface area contributed by atoms with Crippen LogP contribution in [0.2, 0.25) is 0 Å². The summed E-state index contributed by atoms with van der Waals surface area (Å²) in [6, 6.07) is 1.56. The van der Waals surface area contributed by atoms with E-state index in [-0.39, 0.29) is 0 Å². The van der Waals surface area contributed by atoms with E-state index in [2.05, 4.69) is 31.1 Å². The summed E-state index contributed by atoms with van der Waals surface area (Å²) < 4.78 is 0. The molecule has 0 aromatic heterocycles. The Morgan fingerprint density at radius 2 is 1.72 bits per heavy atom. The van der Waals surface area contributed by atoms with Crippen LogP contribution in [-0.2, 0) is 0 Å². The van der Waals surface area contributed by atoms with Gasteiger partial charge in [-0.05, 0) is 58.0 Å². The number of nitrogens with one attached hydrogen (secondary N) is 1. The van der Waals surface area contributed by atoms with Gasteiger partial charge in [0.2, 0.25) is 0 Å². The first-order valence-electron chi connectivity index (χ1n) is 8.10. The van der Waals surface area contributed by atoms with Crippen molar-refractivity contribution < 1.29 is 0 Å². The maximum Gasteiger partial charge on any atom is 0.0102 e. The number of rotatable bonds is 7. The molecule has 2 aliphatic rings. The monoisotopic (exact) mass is 252 g/mol. The molecule has 0 aromatic carbocycles. The highest BCUT2D eigenvalue weighted by atomic mass is 15.1. The minimum atomic E-state index is 0.707. The van der Waals surface area contributed by atoms with Crippen LogP contribution in [0.15, 0.2) is 0 Å². The van der Waals surface area contributed by atoms with Gasteiger partial charge in [0.1, 0.15) is 0 Å². The van der Waals surface area contributed by atoms with Gasteiger partial charge in [0.15, 0.2) is 0 Å². The van der Waals surface area contributed by atoms with Crippen molar-refractivity contribution >= 4 is 0 Å². The predicted octanol–water partition coefficient (Wildman–Crippen LogP) is 3.28. The molecule has 0 heterocycles. The second-order valence-electron chi connectivity index (χ2n) is 6.84. The van der Waals surface area contributed by atoms with Gasteiger partial charge in [-0.1, -0.05) is 26.2 Å². The lowest BCUT2D eigenvalue weighted by molar-refractivity contribution is 0.153. The van der Waals surface area contributed by atoms with Crippen molar-refractivity contribution in [3.8, 4) is 0 Å². The summed E-state index contributed by atoms with van der Waals surface area (Å²) in [6.45, 7) is 7.31. The van der Waals surface area contributed by atoms with E-state index in [1.165, 1.54) is 58.0 Å². The summed E-state index contributed by atoms with van der Waals surface area (Å²) in [5.41, 5.74) is 0. The highest BCUT2D eigenvalue weighted by molar-refractivity contribution is 4.83. The highest BCUT2D eigenvalue weighted by Crippen LogP contribution is 2.25. The molecule has 2 fully saturated rings. The zero-order valence-corrected chi connectivity index (χ0v) is 12.6. The molecule has 1 N–H and O–H groups in total. The Morgan fingerprint density at radius 3 is 2.33 bits per heavy atom. The fraction of sp³-hybridized carbons (Fsp3) is 1.00. The molecule has 2 unspecified atom stereocenters. The summed E-state index contributed by atoms with van der Waals surface area (Å²) in [6.07, 6.45) is 10.1. The van der Waals surface area contributed by atoms with Crippen LogP contribution in [0, 0.1) is 11.8 Å². The van der Waals surface area contributed by atoms with E-state index in [1.54, 1.807) is 0 Å². The van der Waals surface area contributed by atoms with E-state index < -0.39 is 0 Å². The Morgan fingerprint density at radius 1 is 1.06 bits per heavy atom. The van der Waals surface area contributed by atoms with Crippen LogP contribution >= 0.6 is 0 Å². The van der Waals surface area contributed by atoms with Crippen molar-refractivity contribution in [3.05, 3.63) is 0 Å². The molecule has 2 saturated carbocycles. The average molecular weight is 252 g/mol. The van der Waals surface area contributed by atoms with Crippen LogP contribution in [0.5, 0.6) is 0 Å². The molecule has 2 atom stereocenters.